The van der Waals surface area contributed by atoms with Gasteiger partial charge in [-0.15, -0.1) is 0 Å². The SMILES string of the molecule is COc1cc(C2(O)CNC2)cc(OC)c1OC. The molecule has 0 aliphatic carbocycles. The van der Waals surface area contributed by atoms with E-state index in [1.165, 1.54) is 0 Å². The van der Waals surface area contributed by atoms with Gasteiger partial charge in [-0.1, -0.05) is 0 Å². The maximum Gasteiger partial charge on any atom is 0.203 e. The summed E-state index contributed by atoms with van der Waals surface area (Å²) in [6.45, 7) is 1.07. The zero-order chi connectivity index (χ0) is 12.5. The van der Waals surface area contributed by atoms with Crippen molar-refractivity contribution in [2.75, 3.05) is 34.4 Å². The summed E-state index contributed by atoms with van der Waals surface area (Å²) in [6, 6.07) is 3.56. The second-order valence-corrected chi connectivity index (χ2v) is 4.05. The molecule has 0 aromatic heterocycles. The van der Waals surface area contributed by atoms with E-state index in [-0.39, 0.29) is 0 Å². The highest BCUT2D eigenvalue weighted by atomic mass is 16.5. The Kier molecular flexibility index (Phi) is 3.13. The fourth-order valence-electron chi connectivity index (χ4n) is 1.92. The first-order chi connectivity index (χ1) is 8.14. The highest BCUT2D eigenvalue weighted by molar-refractivity contribution is 5.55. The molecule has 94 valence electrons. The quantitative estimate of drug-likeness (QED) is 0.801. The number of ether oxygens (including phenoxy) is 3. The second-order valence-electron chi connectivity index (χ2n) is 4.05. The largest absolute Gasteiger partial charge is 0.493 e. The normalized spacial score (nSPS) is 17.2. The minimum atomic E-state index is -0.840. The number of nitrogens with one attached hydrogen (secondary N) is 1. The summed E-state index contributed by atoms with van der Waals surface area (Å²) in [5.41, 5.74) is -0.0712. The Morgan fingerprint density at radius 2 is 1.59 bits per heavy atom. The van der Waals surface area contributed by atoms with Gasteiger partial charge >= 0.3 is 0 Å². The molecule has 0 amide bonds. The predicted octanol–water partition coefficient (Wildman–Crippen LogP) is 0.503. The van der Waals surface area contributed by atoms with Crippen LogP contribution in [0.5, 0.6) is 17.2 Å². The molecule has 0 bridgehead atoms. The first-order valence-corrected chi connectivity index (χ1v) is 5.38. The van der Waals surface area contributed by atoms with Crippen LogP contribution in [0.15, 0.2) is 12.1 Å². The van der Waals surface area contributed by atoms with Crippen LogP contribution in [0.4, 0.5) is 0 Å². The third kappa shape index (κ3) is 1.92. The van der Waals surface area contributed by atoms with Crippen LogP contribution in [0.1, 0.15) is 5.56 Å². The van der Waals surface area contributed by atoms with Crippen molar-refractivity contribution < 1.29 is 19.3 Å². The number of benzene rings is 1. The van der Waals surface area contributed by atoms with Crippen LogP contribution in [0.3, 0.4) is 0 Å². The molecule has 1 aromatic carbocycles. The lowest BCUT2D eigenvalue weighted by atomic mass is 9.88. The Morgan fingerprint density at radius 1 is 1.06 bits per heavy atom. The maximum atomic E-state index is 10.3. The minimum Gasteiger partial charge on any atom is -0.493 e. The van der Waals surface area contributed by atoms with Crippen molar-refractivity contribution in [1.82, 2.24) is 5.32 Å². The molecule has 0 unspecified atom stereocenters. The Balaban J connectivity index is 2.48. The van der Waals surface area contributed by atoms with Crippen molar-refractivity contribution in [2.24, 2.45) is 0 Å². The molecule has 2 rings (SSSR count). The third-order valence-corrected chi connectivity index (χ3v) is 3.04. The topological polar surface area (TPSA) is 60.0 Å². The summed E-state index contributed by atoms with van der Waals surface area (Å²) >= 11 is 0. The van der Waals surface area contributed by atoms with Crippen LogP contribution < -0.4 is 19.5 Å². The fraction of sp³-hybridized carbons (Fsp3) is 0.500. The Hall–Kier alpha value is -1.46. The third-order valence-electron chi connectivity index (χ3n) is 3.04. The molecule has 5 heteroatoms. The van der Waals surface area contributed by atoms with E-state index in [4.69, 9.17) is 14.2 Å². The van der Waals surface area contributed by atoms with Crippen molar-refractivity contribution in [3.05, 3.63) is 17.7 Å². The van der Waals surface area contributed by atoms with Gasteiger partial charge in [-0.3, -0.25) is 0 Å². The first-order valence-electron chi connectivity index (χ1n) is 5.38. The molecule has 0 saturated carbocycles. The van der Waals surface area contributed by atoms with Crippen LogP contribution in [0.25, 0.3) is 0 Å². The monoisotopic (exact) mass is 239 g/mol. The standard InChI is InChI=1S/C12H17NO4/c1-15-9-4-8(12(14)6-13-7-12)5-10(16-2)11(9)17-3/h4-5,13-14H,6-7H2,1-3H3. The summed E-state index contributed by atoms with van der Waals surface area (Å²) in [5, 5.41) is 13.3. The lowest BCUT2D eigenvalue weighted by Gasteiger charge is -2.38. The molecule has 0 radical (unpaired) electrons. The summed E-state index contributed by atoms with van der Waals surface area (Å²) in [5.74, 6) is 1.65. The Bertz CT molecular complexity index is 390. The van der Waals surface area contributed by atoms with Crippen molar-refractivity contribution in [3.8, 4) is 17.2 Å². The molecule has 0 atom stereocenters. The smallest absolute Gasteiger partial charge is 0.203 e. The summed E-state index contributed by atoms with van der Waals surface area (Å²) < 4.78 is 15.7. The van der Waals surface area contributed by atoms with Gasteiger partial charge in [-0.25, -0.2) is 0 Å². The highest BCUT2D eigenvalue weighted by Gasteiger charge is 2.37. The fourth-order valence-corrected chi connectivity index (χ4v) is 1.92. The Labute approximate surface area is 100 Å². The Morgan fingerprint density at radius 3 is 1.88 bits per heavy atom. The van der Waals surface area contributed by atoms with Crippen LogP contribution in [-0.4, -0.2) is 39.5 Å². The number of methoxy groups -OCH3 is 3. The molecule has 17 heavy (non-hydrogen) atoms. The number of hydrogen-bond donors (Lipinski definition) is 2. The molecule has 1 heterocycles. The number of β-amino-alcohol motifs (C(OH)–C–C–N with tert-alkyl or cyclic N) is 1. The summed E-state index contributed by atoms with van der Waals surface area (Å²) in [7, 11) is 4.67. The molecular formula is C12H17NO4. The van der Waals surface area contributed by atoms with E-state index in [2.05, 4.69) is 5.32 Å². The van der Waals surface area contributed by atoms with Gasteiger partial charge in [0, 0.05) is 13.1 Å². The van der Waals surface area contributed by atoms with Crippen LogP contribution in [-0.2, 0) is 5.60 Å². The first kappa shape index (κ1) is 12.0. The molecule has 1 aliphatic rings. The van der Waals surface area contributed by atoms with Gasteiger partial charge in [-0.05, 0) is 17.7 Å². The van der Waals surface area contributed by atoms with E-state index >= 15 is 0 Å². The van der Waals surface area contributed by atoms with Gasteiger partial charge in [0.05, 0.1) is 21.3 Å². The van der Waals surface area contributed by atoms with E-state index in [9.17, 15) is 5.11 Å². The van der Waals surface area contributed by atoms with Crippen molar-refractivity contribution >= 4 is 0 Å². The highest BCUT2D eigenvalue weighted by Crippen LogP contribution is 2.41. The van der Waals surface area contributed by atoms with E-state index in [0.717, 1.165) is 5.56 Å². The van der Waals surface area contributed by atoms with Crippen LogP contribution >= 0.6 is 0 Å². The van der Waals surface area contributed by atoms with Crippen molar-refractivity contribution in [1.29, 1.82) is 0 Å². The molecule has 1 aliphatic heterocycles. The van der Waals surface area contributed by atoms with Gasteiger partial charge in [0.1, 0.15) is 5.60 Å². The van der Waals surface area contributed by atoms with Gasteiger partial charge in [0.15, 0.2) is 11.5 Å². The molecule has 2 N–H and O–H groups in total. The zero-order valence-electron chi connectivity index (χ0n) is 10.2. The predicted molar refractivity (Wildman–Crippen MR) is 62.9 cm³/mol. The molecule has 0 spiro atoms. The van der Waals surface area contributed by atoms with E-state index < -0.39 is 5.60 Å². The molecule has 1 saturated heterocycles. The minimum absolute atomic E-state index is 0.533. The zero-order valence-corrected chi connectivity index (χ0v) is 10.2. The van der Waals surface area contributed by atoms with Crippen LogP contribution in [0.2, 0.25) is 0 Å². The van der Waals surface area contributed by atoms with E-state index in [1.807, 2.05) is 0 Å². The van der Waals surface area contributed by atoms with Gasteiger partial charge < -0.3 is 24.6 Å². The molecule has 1 fully saturated rings. The number of hydrogen-bond acceptors (Lipinski definition) is 5. The van der Waals surface area contributed by atoms with Gasteiger partial charge in [-0.2, -0.15) is 0 Å². The van der Waals surface area contributed by atoms with Crippen molar-refractivity contribution in [3.63, 3.8) is 0 Å². The average Bonchev–Trinajstić information content (AvgIpc) is 2.33. The lowest BCUT2D eigenvalue weighted by molar-refractivity contribution is -0.0150. The number of rotatable bonds is 4. The number of aliphatic hydroxyl groups is 1. The lowest BCUT2D eigenvalue weighted by Crippen LogP contribution is -2.56. The van der Waals surface area contributed by atoms with Crippen molar-refractivity contribution in [2.45, 2.75) is 5.60 Å². The van der Waals surface area contributed by atoms with E-state index in [1.54, 1.807) is 33.5 Å². The van der Waals surface area contributed by atoms with E-state index in [0.29, 0.717) is 30.3 Å². The molecular weight excluding hydrogens is 222 g/mol. The molecule has 1 aromatic rings. The van der Waals surface area contributed by atoms with Crippen LogP contribution in [0, 0.1) is 0 Å². The second kappa shape index (κ2) is 4.43. The van der Waals surface area contributed by atoms with Gasteiger partial charge in [0.25, 0.3) is 0 Å². The summed E-state index contributed by atoms with van der Waals surface area (Å²) in [4.78, 5) is 0. The van der Waals surface area contributed by atoms with Gasteiger partial charge in [0.2, 0.25) is 5.75 Å². The maximum absolute atomic E-state index is 10.3. The molecule has 5 nitrogen and oxygen atoms in total. The average molecular weight is 239 g/mol. The summed E-state index contributed by atoms with van der Waals surface area (Å²) in [6.07, 6.45) is 0.